The zero-order valence-electron chi connectivity index (χ0n) is 15.6. The minimum absolute atomic E-state index is 0.0105. The Balaban J connectivity index is 1.79. The predicted molar refractivity (Wildman–Crippen MR) is 93.5 cm³/mol. The van der Waals surface area contributed by atoms with Crippen molar-refractivity contribution in [2.75, 3.05) is 0 Å². The molecule has 0 saturated heterocycles. The second-order valence-electron chi connectivity index (χ2n) is 10.1. The third-order valence-corrected chi connectivity index (χ3v) is 9.15. The summed E-state index contributed by atoms with van der Waals surface area (Å²) in [4.78, 5) is 12.1. The van der Waals surface area contributed by atoms with Crippen LogP contribution in [0, 0.1) is 33.5 Å². The first kappa shape index (κ1) is 17.3. The van der Waals surface area contributed by atoms with Crippen LogP contribution in [0.4, 0.5) is 0 Å². The van der Waals surface area contributed by atoms with Gasteiger partial charge in [0.15, 0.2) is 0 Å². The zero-order valence-corrected chi connectivity index (χ0v) is 15.6. The summed E-state index contributed by atoms with van der Waals surface area (Å²) in [6.45, 7) is 6.26. The highest BCUT2D eigenvalue weighted by molar-refractivity contribution is 5.92. The van der Waals surface area contributed by atoms with Crippen LogP contribution in [0.25, 0.3) is 0 Å². The second-order valence-corrected chi connectivity index (χ2v) is 10.1. The minimum Gasteiger partial charge on any atom is -0.481 e. The molecule has 5 nitrogen and oxygen atoms in total. The number of carboxylic acids is 1. The molecule has 4 saturated carbocycles. The molecular weight excluding hydrogens is 318 g/mol. The third-order valence-electron chi connectivity index (χ3n) is 9.15. The number of rotatable bonds is 1. The summed E-state index contributed by atoms with van der Waals surface area (Å²) in [5.74, 6) is -0.396. The maximum Gasteiger partial charge on any atom is 0.309 e. The molecule has 140 valence electrons. The number of carboxylic acid groups (broad SMARTS) is 1. The molecule has 1 spiro atoms. The molecule has 0 aromatic heterocycles. The lowest BCUT2D eigenvalue weighted by molar-refractivity contribution is -0.213. The Labute approximate surface area is 149 Å². The van der Waals surface area contributed by atoms with E-state index < -0.39 is 17.5 Å². The highest BCUT2D eigenvalue weighted by atomic mass is 16.4. The van der Waals surface area contributed by atoms with Crippen LogP contribution in [0.1, 0.15) is 72.1 Å². The van der Waals surface area contributed by atoms with Crippen molar-refractivity contribution in [1.82, 2.24) is 0 Å². The lowest BCUT2D eigenvalue weighted by atomic mass is 9.39. The zero-order chi connectivity index (χ0) is 18.3. The molecule has 0 amide bonds. The van der Waals surface area contributed by atoms with E-state index in [1.54, 1.807) is 0 Å². The molecule has 0 aliphatic heterocycles. The van der Waals surface area contributed by atoms with Crippen LogP contribution in [0.3, 0.4) is 0 Å². The average molecular weight is 349 g/mol. The van der Waals surface area contributed by atoms with Crippen molar-refractivity contribution in [3.8, 4) is 0 Å². The van der Waals surface area contributed by atoms with Gasteiger partial charge in [0.05, 0.1) is 17.2 Å². The van der Waals surface area contributed by atoms with Crippen LogP contribution in [0.5, 0.6) is 0 Å². The Hall–Kier alpha value is -1.10. The first-order valence-electron chi connectivity index (χ1n) is 9.75. The number of nitrogens with zero attached hydrogens (tertiary/aromatic N) is 1. The standard InChI is InChI=1S/C20H31NO4/c1-17-7-4-13-19(3)12(18(2,16(23)24)8-6-15(19)22)5-9-20(13,11-17)10-14(17)21-25/h12-13,15,22,25H,4-11H2,1-3H3,(H,23,24)/b21-14+/t12-,13+,15+,17+,18-,19-,20+/m1/s1. The van der Waals surface area contributed by atoms with Gasteiger partial charge in [-0.1, -0.05) is 19.0 Å². The van der Waals surface area contributed by atoms with Crippen molar-refractivity contribution in [2.24, 2.45) is 38.7 Å². The van der Waals surface area contributed by atoms with Gasteiger partial charge in [0.1, 0.15) is 0 Å². The fourth-order valence-corrected chi connectivity index (χ4v) is 7.85. The summed E-state index contributed by atoms with van der Waals surface area (Å²) < 4.78 is 0. The van der Waals surface area contributed by atoms with Gasteiger partial charge in [0.25, 0.3) is 0 Å². The smallest absolute Gasteiger partial charge is 0.309 e. The molecule has 4 fully saturated rings. The van der Waals surface area contributed by atoms with E-state index in [0.717, 1.165) is 44.2 Å². The molecular formula is C20H31NO4. The molecule has 0 radical (unpaired) electrons. The highest BCUT2D eigenvalue weighted by Gasteiger charge is 2.69. The minimum atomic E-state index is -0.747. The van der Waals surface area contributed by atoms with Crippen LogP contribution in [-0.2, 0) is 4.79 Å². The lowest BCUT2D eigenvalue weighted by Crippen LogP contribution is -2.63. The highest BCUT2D eigenvalue weighted by Crippen LogP contribution is 2.73. The number of carbonyl (C=O) groups is 1. The van der Waals surface area contributed by atoms with E-state index in [0.29, 0.717) is 18.8 Å². The molecule has 2 bridgehead atoms. The maximum atomic E-state index is 12.1. The summed E-state index contributed by atoms with van der Waals surface area (Å²) in [6.07, 6.45) is 6.32. The summed E-state index contributed by atoms with van der Waals surface area (Å²) in [5, 5.41) is 34.2. The number of oxime groups is 1. The molecule has 0 heterocycles. The molecule has 0 aromatic rings. The third kappa shape index (κ3) is 1.93. The van der Waals surface area contributed by atoms with Gasteiger partial charge in [-0.25, -0.2) is 0 Å². The summed E-state index contributed by atoms with van der Waals surface area (Å²) in [6, 6.07) is 0. The normalized spacial score (nSPS) is 56.3. The van der Waals surface area contributed by atoms with Crippen molar-refractivity contribution in [3.63, 3.8) is 0 Å². The Kier molecular flexibility index (Phi) is 3.46. The number of aliphatic hydroxyl groups is 1. The fourth-order valence-electron chi connectivity index (χ4n) is 7.85. The van der Waals surface area contributed by atoms with Gasteiger partial charge in [-0.15, -0.1) is 0 Å². The first-order chi connectivity index (χ1) is 11.6. The van der Waals surface area contributed by atoms with E-state index in [1.807, 2.05) is 6.92 Å². The molecule has 4 aliphatic carbocycles. The largest absolute Gasteiger partial charge is 0.481 e. The van der Waals surface area contributed by atoms with Crippen molar-refractivity contribution in [2.45, 2.75) is 78.2 Å². The molecule has 4 rings (SSSR count). The van der Waals surface area contributed by atoms with Gasteiger partial charge < -0.3 is 15.4 Å². The average Bonchev–Trinajstić information content (AvgIpc) is 2.76. The monoisotopic (exact) mass is 349 g/mol. The van der Waals surface area contributed by atoms with E-state index in [1.165, 1.54) is 0 Å². The molecule has 0 aromatic carbocycles. The Morgan fingerprint density at radius 2 is 1.76 bits per heavy atom. The number of hydrogen-bond acceptors (Lipinski definition) is 4. The van der Waals surface area contributed by atoms with Crippen LogP contribution < -0.4 is 0 Å². The fraction of sp³-hybridized carbons (Fsp3) is 0.900. The van der Waals surface area contributed by atoms with Crippen LogP contribution in [-0.4, -0.2) is 33.2 Å². The number of aliphatic hydroxyl groups excluding tert-OH is 1. The van der Waals surface area contributed by atoms with Crippen molar-refractivity contribution < 1.29 is 20.2 Å². The topological polar surface area (TPSA) is 90.1 Å². The summed E-state index contributed by atoms with van der Waals surface area (Å²) >= 11 is 0. The van der Waals surface area contributed by atoms with Gasteiger partial charge in [-0.3, -0.25) is 4.79 Å². The second kappa shape index (κ2) is 4.99. The molecule has 3 N–H and O–H groups in total. The molecule has 4 aliphatic rings. The van der Waals surface area contributed by atoms with Crippen LogP contribution in [0.15, 0.2) is 5.16 Å². The summed E-state index contributed by atoms with van der Waals surface area (Å²) in [7, 11) is 0. The number of fused-ring (bicyclic) bond motifs is 3. The van der Waals surface area contributed by atoms with Gasteiger partial charge >= 0.3 is 5.97 Å². The molecule has 5 heteroatoms. The molecule has 0 unspecified atom stereocenters. The first-order valence-corrected chi connectivity index (χ1v) is 9.75. The Morgan fingerprint density at radius 1 is 1.08 bits per heavy atom. The van der Waals surface area contributed by atoms with E-state index in [4.69, 9.17) is 0 Å². The van der Waals surface area contributed by atoms with E-state index in [2.05, 4.69) is 19.0 Å². The lowest BCUT2D eigenvalue weighted by Gasteiger charge is -2.65. The number of aliphatic carboxylic acids is 1. The van der Waals surface area contributed by atoms with Crippen molar-refractivity contribution in [1.29, 1.82) is 0 Å². The Morgan fingerprint density at radius 3 is 2.40 bits per heavy atom. The van der Waals surface area contributed by atoms with E-state index >= 15 is 0 Å². The van der Waals surface area contributed by atoms with Gasteiger partial charge in [0, 0.05) is 10.8 Å². The van der Waals surface area contributed by atoms with Gasteiger partial charge in [-0.05, 0) is 75.5 Å². The molecule has 7 atom stereocenters. The summed E-state index contributed by atoms with van der Waals surface area (Å²) in [5.41, 5.74) is -0.149. The van der Waals surface area contributed by atoms with Crippen molar-refractivity contribution in [3.05, 3.63) is 0 Å². The van der Waals surface area contributed by atoms with Crippen molar-refractivity contribution >= 4 is 11.7 Å². The maximum absolute atomic E-state index is 12.1. The van der Waals surface area contributed by atoms with Gasteiger partial charge in [-0.2, -0.15) is 0 Å². The van der Waals surface area contributed by atoms with E-state index in [-0.39, 0.29) is 22.2 Å². The Bertz CT molecular complexity index is 648. The quantitative estimate of drug-likeness (QED) is 0.497. The SMILES string of the molecule is C[C@@]12CC[C@@H]3[C@@](CC[C@H]4[C@@]3(C)[C@@H](O)CC[C@@]4(C)C(=O)O)(C/C1=N\O)C2. The van der Waals surface area contributed by atoms with Crippen LogP contribution >= 0.6 is 0 Å². The molecule has 25 heavy (non-hydrogen) atoms. The van der Waals surface area contributed by atoms with Crippen LogP contribution in [0.2, 0.25) is 0 Å². The van der Waals surface area contributed by atoms with E-state index in [9.17, 15) is 20.2 Å². The predicted octanol–water partition coefficient (Wildman–Crippen LogP) is 3.68. The van der Waals surface area contributed by atoms with Gasteiger partial charge in [0.2, 0.25) is 0 Å². The number of hydrogen-bond donors (Lipinski definition) is 3.